The van der Waals surface area contributed by atoms with Crippen LogP contribution >= 0.6 is 11.6 Å². The van der Waals surface area contributed by atoms with Crippen LogP contribution in [0.25, 0.3) is 0 Å². The Bertz CT molecular complexity index is 386. The van der Waals surface area contributed by atoms with Gasteiger partial charge in [0.15, 0.2) is 0 Å². The minimum Gasteiger partial charge on any atom is -0.478 e. The molecule has 0 aliphatic carbocycles. The number of aryl methyl sites for hydroxylation is 1. The van der Waals surface area contributed by atoms with Crippen LogP contribution in [-0.4, -0.2) is 20.9 Å². The first-order valence-electron chi connectivity index (χ1n) is 5.45. The fourth-order valence-electron chi connectivity index (χ4n) is 1.58. The van der Waals surface area contributed by atoms with E-state index in [0.717, 1.165) is 6.42 Å². The second-order valence-corrected chi connectivity index (χ2v) is 4.60. The highest BCUT2D eigenvalue weighted by atomic mass is 35.5. The van der Waals surface area contributed by atoms with E-state index in [1.54, 1.807) is 4.68 Å². The number of aromatic nitrogens is 2. The molecule has 16 heavy (non-hydrogen) atoms. The first-order chi connectivity index (χ1) is 7.47. The van der Waals surface area contributed by atoms with Crippen molar-refractivity contribution in [2.45, 2.75) is 40.2 Å². The number of nitrogens with zero attached hydrogens (tertiary/aromatic N) is 2. The number of hydrogen-bond acceptors (Lipinski definition) is 2. The standard InChI is InChI=1S/C11H17ClN2O2/c1-4-5-8-9(11(15)16)10(12)14(13-8)6-7(2)3/h7H,4-6H2,1-3H3,(H,15,16). The molecule has 0 saturated heterocycles. The summed E-state index contributed by atoms with van der Waals surface area (Å²) in [4.78, 5) is 11.1. The summed E-state index contributed by atoms with van der Waals surface area (Å²) < 4.78 is 1.58. The van der Waals surface area contributed by atoms with Gasteiger partial charge >= 0.3 is 5.97 Å². The number of halogens is 1. The van der Waals surface area contributed by atoms with Crippen molar-refractivity contribution in [3.63, 3.8) is 0 Å². The molecule has 0 unspecified atom stereocenters. The van der Waals surface area contributed by atoms with E-state index in [-0.39, 0.29) is 10.7 Å². The fraction of sp³-hybridized carbons (Fsp3) is 0.636. The van der Waals surface area contributed by atoms with E-state index in [1.165, 1.54) is 0 Å². The summed E-state index contributed by atoms with van der Waals surface area (Å²) in [6, 6.07) is 0. The van der Waals surface area contributed by atoms with Crippen LogP contribution in [0.4, 0.5) is 0 Å². The average molecular weight is 245 g/mol. The lowest BCUT2D eigenvalue weighted by molar-refractivity contribution is 0.0696. The molecular formula is C11H17ClN2O2. The normalized spacial score (nSPS) is 11.1. The maximum Gasteiger partial charge on any atom is 0.340 e. The molecule has 0 radical (unpaired) electrons. The third-order valence-corrected chi connectivity index (χ3v) is 2.59. The largest absolute Gasteiger partial charge is 0.478 e. The molecule has 1 aromatic rings. The van der Waals surface area contributed by atoms with Gasteiger partial charge in [0.25, 0.3) is 0 Å². The Balaban J connectivity index is 3.13. The molecule has 0 bridgehead atoms. The molecule has 0 fully saturated rings. The average Bonchev–Trinajstić information content (AvgIpc) is 2.43. The van der Waals surface area contributed by atoms with Crippen molar-refractivity contribution >= 4 is 17.6 Å². The molecule has 1 heterocycles. The smallest absolute Gasteiger partial charge is 0.340 e. The highest BCUT2D eigenvalue weighted by molar-refractivity contribution is 6.32. The lowest BCUT2D eigenvalue weighted by Crippen LogP contribution is -2.06. The molecule has 0 atom stereocenters. The number of rotatable bonds is 5. The fourth-order valence-corrected chi connectivity index (χ4v) is 1.87. The molecular weight excluding hydrogens is 228 g/mol. The Morgan fingerprint density at radius 1 is 1.56 bits per heavy atom. The van der Waals surface area contributed by atoms with Crippen molar-refractivity contribution < 1.29 is 9.90 Å². The van der Waals surface area contributed by atoms with Gasteiger partial charge in [-0.2, -0.15) is 5.10 Å². The van der Waals surface area contributed by atoms with Gasteiger partial charge in [-0.25, -0.2) is 4.79 Å². The highest BCUT2D eigenvalue weighted by Crippen LogP contribution is 2.22. The van der Waals surface area contributed by atoms with Crippen molar-refractivity contribution in [3.8, 4) is 0 Å². The monoisotopic (exact) mass is 244 g/mol. The summed E-state index contributed by atoms with van der Waals surface area (Å²) in [7, 11) is 0. The molecule has 1 aromatic heterocycles. The molecule has 5 heteroatoms. The topological polar surface area (TPSA) is 55.1 Å². The van der Waals surface area contributed by atoms with Crippen LogP contribution in [-0.2, 0) is 13.0 Å². The first kappa shape index (κ1) is 13.0. The maximum absolute atomic E-state index is 11.1. The maximum atomic E-state index is 11.1. The number of carbonyl (C=O) groups is 1. The number of carboxylic acid groups (broad SMARTS) is 1. The quantitative estimate of drug-likeness (QED) is 0.867. The predicted molar refractivity (Wildman–Crippen MR) is 63.0 cm³/mol. The van der Waals surface area contributed by atoms with Gasteiger partial charge in [-0.15, -0.1) is 0 Å². The van der Waals surface area contributed by atoms with Crippen molar-refractivity contribution in [1.29, 1.82) is 0 Å². The Morgan fingerprint density at radius 3 is 2.62 bits per heavy atom. The minimum atomic E-state index is -0.997. The van der Waals surface area contributed by atoms with Crippen molar-refractivity contribution in [3.05, 3.63) is 16.4 Å². The summed E-state index contributed by atoms with van der Waals surface area (Å²) in [6.07, 6.45) is 1.50. The molecule has 1 N–H and O–H groups in total. The Morgan fingerprint density at radius 2 is 2.19 bits per heavy atom. The van der Waals surface area contributed by atoms with Crippen LogP contribution in [0, 0.1) is 5.92 Å². The van der Waals surface area contributed by atoms with E-state index in [2.05, 4.69) is 5.10 Å². The SMILES string of the molecule is CCCc1nn(CC(C)C)c(Cl)c1C(=O)O. The van der Waals surface area contributed by atoms with Crippen LogP contribution in [0.1, 0.15) is 43.2 Å². The molecule has 0 aliphatic heterocycles. The van der Waals surface area contributed by atoms with Crippen LogP contribution in [0.3, 0.4) is 0 Å². The van der Waals surface area contributed by atoms with E-state index < -0.39 is 5.97 Å². The molecule has 0 spiro atoms. The van der Waals surface area contributed by atoms with E-state index in [4.69, 9.17) is 16.7 Å². The van der Waals surface area contributed by atoms with Crippen LogP contribution in [0.15, 0.2) is 0 Å². The van der Waals surface area contributed by atoms with Gasteiger partial charge in [-0.05, 0) is 12.3 Å². The molecule has 1 rings (SSSR count). The highest BCUT2D eigenvalue weighted by Gasteiger charge is 2.21. The zero-order valence-electron chi connectivity index (χ0n) is 9.83. The third-order valence-electron chi connectivity index (χ3n) is 2.20. The lowest BCUT2D eigenvalue weighted by atomic mass is 10.2. The molecule has 0 amide bonds. The van der Waals surface area contributed by atoms with E-state index in [0.29, 0.717) is 24.6 Å². The molecule has 0 aliphatic rings. The van der Waals surface area contributed by atoms with Crippen molar-refractivity contribution in [2.75, 3.05) is 0 Å². The van der Waals surface area contributed by atoms with Gasteiger partial charge in [-0.3, -0.25) is 4.68 Å². The second kappa shape index (κ2) is 5.34. The predicted octanol–water partition coefficient (Wildman–Crippen LogP) is 2.84. The molecule has 0 saturated carbocycles. The Kier molecular flexibility index (Phi) is 4.35. The number of carboxylic acids is 1. The Hall–Kier alpha value is -1.03. The summed E-state index contributed by atoms with van der Waals surface area (Å²) >= 11 is 6.02. The summed E-state index contributed by atoms with van der Waals surface area (Å²) in [6.45, 7) is 6.71. The summed E-state index contributed by atoms with van der Waals surface area (Å²) in [5.41, 5.74) is 0.741. The van der Waals surface area contributed by atoms with Crippen LogP contribution < -0.4 is 0 Å². The number of aromatic carboxylic acids is 1. The van der Waals surface area contributed by atoms with Gasteiger partial charge in [0, 0.05) is 6.54 Å². The first-order valence-corrected chi connectivity index (χ1v) is 5.83. The van der Waals surface area contributed by atoms with Gasteiger partial charge in [0.1, 0.15) is 10.7 Å². The lowest BCUT2D eigenvalue weighted by Gasteiger charge is -2.05. The van der Waals surface area contributed by atoms with Crippen LogP contribution in [0.2, 0.25) is 5.15 Å². The molecule has 0 aromatic carbocycles. The van der Waals surface area contributed by atoms with E-state index >= 15 is 0 Å². The van der Waals surface area contributed by atoms with Crippen molar-refractivity contribution in [1.82, 2.24) is 9.78 Å². The van der Waals surface area contributed by atoms with Gasteiger partial charge in [-0.1, -0.05) is 38.8 Å². The second-order valence-electron chi connectivity index (χ2n) is 4.24. The Labute approximate surface area is 100 Å². The van der Waals surface area contributed by atoms with Gasteiger partial charge < -0.3 is 5.11 Å². The zero-order valence-corrected chi connectivity index (χ0v) is 10.6. The van der Waals surface area contributed by atoms with Gasteiger partial charge in [0.2, 0.25) is 0 Å². The van der Waals surface area contributed by atoms with Crippen molar-refractivity contribution in [2.24, 2.45) is 5.92 Å². The summed E-state index contributed by atoms with van der Waals surface area (Å²) in [5.74, 6) is -0.614. The zero-order chi connectivity index (χ0) is 12.3. The summed E-state index contributed by atoms with van der Waals surface area (Å²) in [5, 5.41) is 13.6. The van der Waals surface area contributed by atoms with E-state index in [1.807, 2.05) is 20.8 Å². The molecule has 4 nitrogen and oxygen atoms in total. The molecule has 90 valence electrons. The van der Waals surface area contributed by atoms with Crippen LogP contribution in [0.5, 0.6) is 0 Å². The minimum absolute atomic E-state index is 0.157. The van der Waals surface area contributed by atoms with E-state index in [9.17, 15) is 4.79 Å². The number of hydrogen-bond donors (Lipinski definition) is 1. The third kappa shape index (κ3) is 2.76. The van der Waals surface area contributed by atoms with Gasteiger partial charge in [0.05, 0.1) is 5.69 Å².